The average Bonchev–Trinajstić information content (AvgIpc) is 3.17. The number of carbonyl (C=O) groups excluding carboxylic acids is 1. The molecule has 0 spiro atoms. The Balaban J connectivity index is 1.73. The molecular formula is C21H22N4O2S. The van der Waals surface area contributed by atoms with E-state index in [4.69, 9.17) is 17.3 Å². The van der Waals surface area contributed by atoms with Crippen LogP contribution >= 0.6 is 12.2 Å². The van der Waals surface area contributed by atoms with Crippen molar-refractivity contribution in [2.45, 2.75) is 13.0 Å². The Morgan fingerprint density at radius 2 is 1.75 bits per heavy atom. The van der Waals surface area contributed by atoms with E-state index in [1.165, 1.54) is 7.11 Å². The zero-order valence-electron chi connectivity index (χ0n) is 15.6. The Bertz CT molecular complexity index is 926. The molecule has 2 aromatic carbocycles. The standard InChI is InChI=1S/C21H22N4O2S/c1-27-19(26)12-13-22-21(28)23-14-17-15-25(18-10-6-3-7-11-18)24-20(17)16-8-4-2-5-9-16/h2-11,15H,12-14H2,1H3,(H2,22,23,28). The number of ether oxygens (including phenoxy) is 1. The van der Waals surface area contributed by atoms with E-state index in [1.807, 2.05) is 71.5 Å². The monoisotopic (exact) mass is 394 g/mol. The predicted molar refractivity (Wildman–Crippen MR) is 113 cm³/mol. The van der Waals surface area contributed by atoms with Gasteiger partial charge in [0.05, 0.1) is 24.9 Å². The fraction of sp³-hybridized carbons (Fsp3) is 0.190. The Labute approximate surface area is 169 Å². The van der Waals surface area contributed by atoms with Crippen molar-refractivity contribution >= 4 is 23.3 Å². The van der Waals surface area contributed by atoms with E-state index in [0.29, 0.717) is 18.2 Å². The summed E-state index contributed by atoms with van der Waals surface area (Å²) in [5.41, 5.74) is 3.95. The number of carbonyl (C=O) groups is 1. The number of hydrogen-bond donors (Lipinski definition) is 2. The third-order valence-corrected chi connectivity index (χ3v) is 4.43. The highest BCUT2D eigenvalue weighted by Gasteiger charge is 2.12. The highest BCUT2D eigenvalue weighted by Crippen LogP contribution is 2.23. The molecule has 2 N–H and O–H groups in total. The lowest BCUT2D eigenvalue weighted by Gasteiger charge is -2.10. The molecule has 7 heteroatoms. The Morgan fingerprint density at radius 3 is 2.43 bits per heavy atom. The van der Waals surface area contributed by atoms with Crippen LogP contribution < -0.4 is 10.6 Å². The normalized spacial score (nSPS) is 10.3. The average molecular weight is 395 g/mol. The molecule has 0 saturated carbocycles. The number of nitrogens with zero attached hydrogens (tertiary/aromatic N) is 2. The Hall–Kier alpha value is -3.19. The van der Waals surface area contributed by atoms with Crippen molar-refractivity contribution in [1.82, 2.24) is 20.4 Å². The van der Waals surface area contributed by atoms with Crippen LogP contribution in [0.25, 0.3) is 16.9 Å². The minimum atomic E-state index is -0.272. The molecule has 1 heterocycles. The number of aromatic nitrogens is 2. The molecule has 3 aromatic rings. The van der Waals surface area contributed by atoms with Crippen LogP contribution in [0.4, 0.5) is 0 Å². The van der Waals surface area contributed by atoms with Crippen LogP contribution in [0, 0.1) is 0 Å². The number of thiocarbonyl (C=S) groups is 1. The SMILES string of the molecule is COC(=O)CCNC(=S)NCc1cn(-c2ccccc2)nc1-c1ccccc1. The van der Waals surface area contributed by atoms with Crippen molar-refractivity contribution in [2.75, 3.05) is 13.7 Å². The van der Waals surface area contributed by atoms with Gasteiger partial charge in [-0.05, 0) is 24.4 Å². The lowest BCUT2D eigenvalue weighted by Crippen LogP contribution is -2.36. The molecule has 0 radical (unpaired) electrons. The summed E-state index contributed by atoms with van der Waals surface area (Å²) in [4.78, 5) is 11.2. The second-order valence-corrected chi connectivity index (χ2v) is 6.49. The molecule has 0 aliphatic carbocycles. The number of para-hydroxylation sites is 1. The summed E-state index contributed by atoms with van der Waals surface area (Å²) in [6.45, 7) is 0.939. The third kappa shape index (κ3) is 5.17. The van der Waals surface area contributed by atoms with E-state index in [-0.39, 0.29) is 12.4 Å². The van der Waals surface area contributed by atoms with Crippen LogP contribution in [-0.4, -0.2) is 34.5 Å². The van der Waals surface area contributed by atoms with Gasteiger partial charge in [-0.3, -0.25) is 4.79 Å². The van der Waals surface area contributed by atoms with Crippen molar-refractivity contribution in [1.29, 1.82) is 0 Å². The van der Waals surface area contributed by atoms with E-state index < -0.39 is 0 Å². The number of esters is 1. The van der Waals surface area contributed by atoms with Crippen LogP contribution in [-0.2, 0) is 16.1 Å². The first-order valence-electron chi connectivity index (χ1n) is 8.95. The second kappa shape index (κ2) is 9.66. The summed E-state index contributed by atoms with van der Waals surface area (Å²) >= 11 is 5.30. The van der Waals surface area contributed by atoms with Crippen molar-refractivity contribution in [3.05, 3.63) is 72.4 Å². The quantitative estimate of drug-likeness (QED) is 0.474. The van der Waals surface area contributed by atoms with Gasteiger partial charge in [0.1, 0.15) is 0 Å². The molecule has 6 nitrogen and oxygen atoms in total. The maximum atomic E-state index is 11.2. The minimum Gasteiger partial charge on any atom is -0.469 e. The maximum Gasteiger partial charge on any atom is 0.307 e. The van der Waals surface area contributed by atoms with Crippen LogP contribution in [0.2, 0.25) is 0 Å². The van der Waals surface area contributed by atoms with Crippen molar-refractivity contribution < 1.29 is 9.53 Å². The number of benzene rings is 2. The lowest BCUT2D eigenvalue weighted by atomic mass is 10.1. The number of hydrogen-bond acceptors (Lipinski definition) is 4. The molecule has 0 amide bonds. The molecule has 28 heavy (non-hydrogen) atoms. The van der Waals surface area contributed by atoms with Gasteiger partial charge < -0.3 is 15.4 Å². The Morgan fingerprint density at radius 1 is 1.07 bits per heavy atom. The largest absolute Gasteiger partial charge is 0.469 e. The number of nitrogens with one attached hydrogen (secondary N) is 2. The first-order valence-corrected chi connectivity index (χ1v) is 9.36. The lowest BCUT2D eigenvalue weighted by molar-refractivity contribution is -0.140. The van der Waals surface area contributed by atoms with Crippen LogP contribution in [0.5, 0.6) is 0 Å². The van der Waals surface area contributed by atoms with Gasteiger partial charge in [0.15, 0.2) is 5.11 Å². The summed E-state index contributed by atoms with van der Waals surface area (Å²) in [5, 5.41) is 11.4. The van der Waals surface area contributed by atoms with E-state index in [1.54, 1.807) is 0 Å². The molecule has 0 unspecified atom stereocenters. The van der Waals surface area contributed by atoms with Gasteiger partial charge in [0.25, 0.3) is 0 Å². The second-order valence-electron chi connectivity index (χ2n) is 6.08. The van der Waals surface area contributed by atoms with E-state index in [2.05, 4.69) is 15.4 Å². The van der Waals surface area contributed by atoms with Gasteiger partial charge in [-0.25, -0.2) is 4.68 Å². The van der Waals surface area contributed by atoms with Gasteiger partial charge in [-0.1, -0.05) is 48.5 Å². The molecule has 1 aromatic heterocycles. The zero-order chi connectivity index (χ0) is 19.8. The highest BCUT2D eigenvalue weighted by molar-refractivity contribution is 7.80. The van der Waals surface area contributed by atoms with Crippen LogP contribution in [0.3, 0.4) is 0 Å². The number of rotatable bonds is 7. The Kier molecular flexibility index (Phi) is 6.75. The van der Waals surface area contributed by atoms with Gasteiger partial charge in [-0.2, -0.15) is 5.10 Å². The predicted octanol–water partition coefficient (Wildman–Crippen LogP) is 3.07. The van der Waals surface area contributed by atoms with Gasteiger partial charge in [0.2, 0.25) is 0 Å². The molecular weight excluding hydrogens is 372 g/mol. The topological polar surface area (TPSA) is 68.2 Å². The molecule has 0 bridgehead atoms. The van der Waals surface area contributed by atoms with E-state index in [0.717, 1.165) is 22.5 Å². The molecule has 0 fully saturated rings. The number of methoxy groups -OCH3 is 1. The fourth-order valence-electron chi connectivity index (χ4n) is 2.71. The first kappa shape index (κ1) is 19.6. The smallest absolute Gasteiger partial charge is 0.307 e. The molecule has 0 aliphatic rings. The summed E-state index contributed by atoms with van der Waals surface area (Å²) in [6, 6.07) is 20.0. The maximum absolute atomic E-state index is 11.2. The van der Waals surface area contributed by atoms with Gasteiger partial charge in [-0.15, -0.1) is 0 Å². The third-order valence-electron chi connectivity index (χ3n) is 4.14. The van der Waals surface area contributed by atoms with Gasteiger partial charge >= 0.3 is 5.97 Å². The van der Waals surface area contributed by atoms with Crippen LogP contribution in [0.1, 0.15) is 12.0 Å². The summed E-state index contributed by atoms with van der Waals surface area (Å²) in [5.74, 6) is -0.272. The van der Waals surface area contributed by atoms with Crippen molar-refractivity contribution in [3.63, 3.8) is 0 Å². The summed E-state index contributed by atoms with van der Waals surface area (Å²) in [6.07, 6.45) is 2.27. The molecule has 0 aliphatic heterocycles. The van der Waals surface area contributed by atoms with E-state index >= 15 is 0 Å². The van der Waals surface area contributed by atoms with Gasteiger partial charge in [0, 0.05) is 30.4 Å². The zero-order valence-corrected chi connectivity index (χ0v) is 16.4. The molecule has 0 atom stereocenters. The minimum absolute atomic E-state index is 0.263. The van der Waals surface area contributed by atoms with Crippen LogP contribution in [0.15, 0.2) is 66.9 Å². The molecule has 144 valence electrons. The summed E-state index contributed by atoms with van der Waals surface area (Å²) < 4.78 is 6.49. The molecule has 3 rings (SSSR count). The molecule has 0 saturated heterocycles. The first-order chi connectivity index (χ1) is 13.7. The summed E-state index contributed by atoms with van der Waals surface area (Å²) in [7, 11) is 1.37. The fourth-order valence-corrected chi connectivity index (χ4v) is 2.88. The van der Waals surface area contributed by atoms with Crippen molar-refractivity contribution in [3.8, 4) is 16.9 Å². The van der Waals surface area contributed by atoms with E-state index in [9.17, 15) is 4.79 Å². The van der Waals surface area contributed by atoms with Crippen molar-refractivity contribution in [2.24, 2.45) is 0 Å². The highest BCUT2D eigenvalue weighted by atomic mass is 32.1.